The Morgan fingerprint density at radius 3 is 2.91 bits per heavy atom. The fourth-order valence-corrected chi connectivity index (χ4v) is 0.454. The summed E-state index contributed by atoms with van der Waals surface area (Å²) in [5.41, 5.74) is 7.36. The number of hydrogen-bond donors (Lipinski definition) is 4. The van der Waals surface area contributed by atoms with E-state index in [2.05, 4.69) is 10.4 Å². The average Bonchev–Trinajstić information content (AvgIpc) is 1.97. The Labute approximate surface area is 64.2 Å². The van der Waals surface area contributed by atoms with Crippen LogP contribution in [0.4, 0.5) is 0 Å². The van der Waals surface area contributed by atoms with Gasteiger partial charge in [-0.2, -0.15) is 0 Å². The Hall–Kier alpha value is -1.14. The van der Waals surface area contributed by atoms with Gasteiger partial charge in [0, 0.05) is 6.54 Å². The van der Waals surface area contributed by atoms with Gasteiger partial charge < -0.3 is 16.3 Å². The van der Waals surface area contributed by atoms with Crippen LogP contribution in [0.2, 0.25) is 0 Å². The third-order valence-corrected chi connectivity index (χ3v) is 1.05. The van der Waals surface area contributed by atoms with Crippen LogP contribution in [0.1, 0.15) is 6.42 Å². The summed E-state index contributed by atoms with van der Waals surface area (Å²) in [5, 5.41) is 8.32. The molecular weight excluding hydrogens is 148 g/mol. The lowest BCUT2D eigenvalue weighted by Gasteiger charge is -2.01. The van der Waals surface area contributed by atoms with Crippen molar-refractivity contribution in [3.63, 3.8) is 0 Å². The number of carboxylic acid groups (broad SMARTS) is 1. The number of carbonyl (C=O) groups is 1. The molecule has 0 heterocycles. The molecule has 0 aliphatic carbocycles. The van der Waals surface area contributed by atoms with Crippen molar-refractivity contribution in [2.24, 2.45) is 16.6 Å². The molecule has 0 aliphatic heterocycles. The maximum absolute atomic E-state index is 10.1. The number of aliphatic imine (C=N–C) groups is 1. The highest BCUT2D eigenvalue weighted by molar-refractivity contribution is 5.73. The number of aliphatic carboxylic acids is 1. The van der Waals surface area contributed by atoms with Gasteiger partial charge in [-0.15, -0.1) is 0 Å². The van der Waals surface area contributed by atoms with Gasteiger partial charge in [0.25, 0.3) is 0 Å². The largest absolute Gasteiger partial charge is 0.480 e. The zero-order valence-corrected chi connectivity index (χ0v) is 6.03. The Morgan fingerprint density at radius 1 is 1.82 bits per heavy atom. The number of carboxylic acids is 1. The maximum atomic E-state index is 10.1. The summed E-state index contributed by atoms with van der Waals surface area (Å²) in [4.78, 5) is 13.9. The van der Waals surface area contributed by atoms with Crippen molar-refractivity contribution < 1.29 is 9.90 Å². The third-order valence-electron chi connectivity index (χ3n) is 1.05. The maximum Gasteiger partial charge on any atom is 0.320 e. The first-order valence-corrected chi connectivity index (χ1v) is 3.11. The predicted octanol–water partition coefficient (Wildman–Crippen LogP) is -1.72. The minimum atomic E-state index is -1.01. The molecule has 0 amide bonds. The van der Waals surface area contributed by atoms with Crippen LogP contribution in [-0.4, -0.2) is 30.0 Å². The molecule has 64 valence electrons. The van der Waals surface area contributed by atoms with E-state index in [-0.39, 0.29) is 0 Å². The van der Waals surface area contributed by atoms with Crippen LogP contribution in [0.3, 0.4) is 0 Å². The van der Waals surface area contributed by atoms with Crippen molar-refractivity contribution in [1.82, 2.24) is 5.43 Å². The van der Waals surface area contributed by atoms with Crippen molar-refractivity contribution in [3.8, 4) is 0 Å². The lowest BCUT2D eigenvalue weighted by atomic mass is 10.2. The molecule has 0 aromatic carbocycles. The molecule has 6 nitrogen and oxygen atoms in total. The van der Waals surface area contributed by atoms with Crippen LogP contribution in [0.15, 0.2) is 4.99 Å². The van der Waals surface area contributed by atoms with Crippen LogP contribution in [0.5, 0.6) is 0 Å². The first-order valence-electron chi connectivity index (χ1n) is 3.11. The number of nitrogens with two attached hydrogens (primary N) is 2. The van der Waals surface area contributed by atoms with Crippen molar-refractivity contribution >= 4 is 12.3 Å². The van der Waals surface area contributed by atoms with Crippen LogP contribution in [0, 0.1) is 0 Å². The lowest BCUT2D eigenvalue weighted by molar-refractivity contribution is -0.138. The Kier molecular flexibility index (Phi) is 5.05. The van der Waals surface area contributed by atoms with Crippen LogP contribution >= 0.6 is 0 Å². The third kappa shape index (κ3) is 5.31. The molecule has 0 aliphatic rings. The van der Waals surface area contributed by atoms with E-state index < -0.39 is 12.0 Å². The molecule has 1 unspecified atom stereocenters. The molecule has 0 fully saturated rings. The molecule has 0 aromatic heterocycles. The fourth-order valence-electron chi connectivity index (χ4n) is 0.454. The van der Waals surface area contributed by atoms with E-state index in [1.165, 1.54) is 6.34 Å². The quantitative estimate of drug-likeness (QED) is 0.165. The molecule has 0 radical (unpaired) electrons. The van der Waals surface area contributed by atoms with Gasteiger partial charge in [0.1, 0.15) is 6.04 Å². The smallest absolute Gasteiger partial charge is 0.320 e. The highest BCUT2D eigenvalue weighted by atomic mass is 16.4. The van der Waals surface area contributed by atoms with Gasteiger partial charge in [0.2, 0.25) is 0 Å². The SMILES string of the molecule is NNC=NCCC(N)C(=O)O. The predicted molar refractivity (Wildman–Crippen MR) is 40.9 cm³/mol. The Morgan fingerprint density at radius 2 is 2.45 bits per heavy atom. The molecule has 0 saturated heterocycles. The molecule has 0 spiro atoms. The second kappa shape index (κ2) is 5.63. The van der Waals surface area contributed by atoms with Gasteiger partial charge in [-0.25, -0.2) is 5.84 Å². The standard InChI is InChI=1S/C5H12N4O2/c6-4(5(10)11)1-2-8-3-9-7/h3-4H,1-2,6-7H2,(H,8,9)(H,10,11). The highest BCUT2D eigenvalue weighted by Crippen LogP contribution is 1.87. The molecule has 11 heavy (non-hydrogen) atoms. The summed E-state index contributed by atoms with van der Waals surface area (Å²) in [6, 6.07) is -0.843. The number of rotatable bonds is 5. The van der Waals surface area contributed by atoms with E-state index in [1.54, 1.807) is 0 Å². The summed E-state index contributed by atoms with van der Waals surface area (Å²) >= 11 is 0. The number of nitrogens with zero attached hydrogens (tertiary/aromatic N) is 1. The van der Waals surface area contributed by atoms with Crippen LogP contribution in [-0.2, 0) is 4.79 Å². The van der Waals surface area contributed by atoms with Gasteiger partial charge in [-0.3, -0.25) is 9.79 Å². The van der Waals surface area contributed by atoms with E-state index in [1.807, 2.05) is 0 Å². The van der Waals surface area contributed by atoms with E-state index in [4.69, 9.17) is 16.7 Å². The van der Waals surface area contributed by atoms with E-state index in [0.717, 1.165) is 0 Å². The zero-order chi connectivity index (χ0) is 8.69. The second-order valence-electron chi connectivity index (χ2n) is 1.94. The van der Waals surface area contributed by atoms with Gasteiger partial charge in [0.05, 0.1) is 6.34 Å². The molecule has 1 atom stereocenters. The molecule has 0 bridgehead atoms. The zero-order valence-electron chi connectivity index (χ0n) is 6.03. The molecule has 6 N–H and O–H groups in total. The van der Waals surface area contributed by atoms with Crippen LogP contribution in [0.25, 0.3) is 0 Å². The summed E-state index contributed by atoms with van der Waals surface area (Å²) in [6.07, 6.45) is 1.60. The van der Waals surface area contributed by atoms with E-state index in [0.29, 0.717) is 13.0 Å². The molecule has 0 saturated carbocycles. The Balaban J connectivity index is 3.38. The molecule has 0 rings (SSSR count). The van der Waals surface area contributed by atoms with Gasteiger partial charge in [-0.05, 0) is 6.42 Å². The van der Waals surface area contributed by atoms with E-state index >= 15 is 0 Å². The molecule has 0 aromatic rings. The van der Waals surface area contributed by atoms with Crippen molar-refractivity contribution in [2.45, 2.75) is 12.5 Å². The minimum Gasteiger partial charge on any atom is -0.480 e. The van der Waals surface area contributed by atoms with E-state index in [9.17, 15) is 4.79 Å². The summed E-state index contributed by atoms with van der Waals surface area (Å²) in [7, 11) is 0. The van der Waals surface area contributed by atoms with Gasteiger partial charge in [-0.1, -0.05) is 0 Å². The van der Waals surface area contributed by atoms with Crippen LogP contribution < -0.4 is 17.0 Å². The fraction of sp³-hybridized carbons (Fsp3) is 0.600. The molecular formula is C5H12N4O2. The average molecular weight is 160 g/mol. The normalized spacial score (nSPS) is 13.3. The van der Waals surface area contributed by atoms with Gasteiger partial charge in [0.15, 0.2) is 0 Å². The van der Waals surface area contributed by atoms with Crippen molar-refractivity contribution in [1.29, 1.82) is 0 Å². The first kappa shape index (κ1) is 9.86. The Bertz CT molecular complexity index is 147. The number of nitrogens with one attached hydrogen (secondary N) is 1. The number of hydrogen-bond acceptors (Lipinski definition) is 4. The minimum absolute atomic E-state index is 0.313. The lowest BCUT2D eigenvalue weighted by Crippen LogP contribution is -2.30. The van der Waals surface area contributed by atoms with Gasteiger partial charge >= 0.3 is 5.97 Å². The summed E-state index contributed by atoms with van der Waals surface area (Å²) in [6.45, 7) is 0.359. The monoisotopic (exact) mass is 160 g/mol. The molecule has 6 heteroatoms. The van der Waals surface area contributed by atoms with Crippen molar-refractivity contribution in [2.75, 3.05) is 6.54 Å². The topological polar surface area (TPSA) is 114 Å². The summed E-state index contributed by atoms with van der Waals surface area (Å²) in [5.74, 6) is 3.85. The first-order chi connectivity index (χ1) is 5.18. The summed E-state index contributed by atoms with van der Waals surface area (Å²) < 4.78 is 0. The van der Waals surface area contributed by atoms with Crippen molar-refractivity contribution in [3.05, 3.63) is 0 Å². The highest BCUT2D eigenvalue weighted by Gasteiger charge is 2.08. The number of hydrazine groups is 1. The second-order valence-corrected chi connectivity index (χ2v) is 1.94.